The van der Waals surface area contributed by atoms with E-state index in [4.69, 9.17) is 4.74 Å². The molecule has 1 saturated heterocycles. The van der Waals surface area contributed by atoms with E-state index in [1.54, 1.807) is 0 Å². The third kappa shape index (κ3) is 4.28. The van der Waals surface area contributed by atoms with Gasteiger partial charge in [0.1, 0.15) is 11.6 Å². The van der Waals surface area contributed by atoms with Crippen molar-refractivity contribution in [2.75, 3.05) is 13.2 Å². The summed E-state index contributed by atoms with van der Waals surface area (Å²) in [5.41, 5.74) is 2.18. The van der Waals surface area contributed by atoms with Crippen LogP contribution in [-0.2, 0) is 16.7 Å². The topological polar surface area (TPSA) is 21.3 Å². The summed E-state index contributed by atoms with van der Waals surface area (Å²) < 4.78 is 33.1. The molecule has 2 aliphatic rings. The molecule has 0 aromatic heterocycles. The van der Waals surface area contributed by atoms with Crippen LogP contribution in [0.1, 0.15) is 56.1 Å². The Morgan fingerprint density at radius 3 is 2.36 bits per heavy atom. The molecule has 1 aliphatic carbocycles. The molecule has 2 nitrogen and oxygen atoms in total. The molecule has 0 amide bonds. The molecule has 0 radical (unpaired) electrons. The van der Waals surface area contributed by atoms with Crippen molar-refractivity contribution in [3.8, 4) is 0 Å². The van der Waals surface area contributed by atoms with Gasteiger partial charge in [-0.05, 0) is 61.9 Å². The zero-order valence-electron chi connectivity index (χ0n) is 16.4. The van der Waals surface area contributed by atoms with Crippen molar-refractivity contribution in [3.63, 3.8) is 0 Å². The van der Waals surface area contributed by atoms with Crippen molar-refractivity contribution in [1.82, 2.24) is 5.32 Å². The Bertz CT molecular complexity index is 768. The monoisotopic (exact) mass is 385 g/mol. The van der Waals surface area contributed by atoms with Crippen molar-refractivity contribution >= 4 is 0 Å². The minimum atomic E-state index is -0.523. The normalized spacial score (nSPS) is 23.9. The van der Waals surface area contributed by atoms with Gasteiger partial charge in [-0.25, -0.2) is 8.78 Å². The van der Waals surface area contributed by atoms with Gasteiger partial charge in [-0.1, -0.05) is 43.2 Å². The summed E-state index contributed by atoms with van der Waals surface area (Å²) in [5, 5.41) is 3.40. The second-order valence-electron chi connectivity index (χ2n) is 8.52. The van der Waals surface area contributed by atoms with E-state index in [-0.39, 0.29) is 11.0 Å². The predicted molar refractivity (Wildman–Crippen MR) is 107 cm³/mol. The third-order valence-corrected chi connectivity index (χ3v) is 6.58. The number of hydrogen-bond acceptors (Lipinski definition) is 2. The molecule has 1 N–H and O–H groups in total. The highest BCUT2D eigenvalue weighted by molar-refractivity contribution is 5.27. The Kier molecular flexibility index (Phi) is 5.79. The summed E-state index contributed by atoms with van der Waals surface area (Å²) >= 11 is 0. The summed E-state index contributed by atoms with van der Waals surface area (Å²) in [6, 6.07) is 14.5. The quantitative estimate of drug-likeness (QED) is 0.663. The Hall–Kier alpha value is -1.78. The summed E-state index contributed by atoms with van der Waals surface area (Å²) in [6.07, 6.45) is 7.94. The molecule has 1 spiro atoms. The zero-order valence-corrected chi connectivity index (χ0v) is 16.4. The van der Waals surface area contributed by atoms with Crippen LogP contribution >= 0.6 is 0 Å². The summed E-state index contributed by atoms with van der Waals surface area (Å²) in [5.74, 6) is -1.05. The van der Waals surface area contributed by atoms with Crippen molar-refractivity contribution in [2.24, 2.45) is 0 Å². The van der Waals surface area contributed by atoms with Gasteiger partial charge in [-0.2, -0.15) is 0 Å². The molecule has 0 unspecified atom stereocenters. The van der Waals surface area contributed by atoms with E-state index in [1.165, 1.54) is 30.5 Å². The SMILES string of the molecule is Fc1cc(F)cc(CNCC[C@@]2(c3ccccc3)CCOC3(CCCC3)C2)c1. The highest BCUT2D eigenvalue weighted by Crippen LogP contribution is 2.50. The van der Waals surface area contributed by atoms with Crippen molar-refractivity contribution in [2.45, 2.75) is 62.5 Å². The number of benzene rings is 2. The molecule has 1 aliphatic heterocycles. The molecule has 1 saturated carbocycles. The zero-order chi connectivity index (χ0) is 19.5. The standard InChI is InChI=1S/C24H29F2NO/c25-21-14-19(15-22(26)16-21)17-27-12-10-23(20-6-2-1-3-7-20)11-13-28-24(18-23)8-4-5-9-24/h1-3,6-7,14-16,27H,4-5,8-13,17-18H2/t23-/m1/s1. The fraction of sp³-hybridized carbons (Fsp3) is 0.500. The van der Waals surface area contributed by atoms with Gasteiger partial charge in [0.25, 0.3) is 0 Å². The predicted octanol–water partition coefficient (Wildman–Crippen LogP) is 5.51. The van der Waals surface area contributed by atoms with Gasteiger partial charge in [0.2, 0.25) is 0 Å². The molecule has 1 atom stereocenters. The summed E-state index contributed by atoms with van der Waals surface area (Å²) in [7, 11) is 0. The lowest BCUT2D eigenvalue weighted by molar-refractivity contribution is -0.103. The summed E-state index contributed by atoms with van der Waals surface area (Å²) in [6.45, 7) is 2.09. The van der Waals surface area contributed by atoms with Crippen LogP contribution in [0.4, 0.5) is 8.78 Å². The third-order valence-electron chi connectivity index (χ3n) is 6.58. The van der Waals surface area contributed by atoms with E-state index >= 15 is 0 Å². The largest absolute Gasteiger partial charge is 0.375 e. The molecule has 1 heterocycles. The van der Waals surface area contributed by atoms with Crippen LogP contribution in [0.25, 0.3) is 0 Å². The molecule has 2 aromatic carbocycles. The number of hydrogen-bond donors (Lipinski definition) is 1. The average Bonchev–Trinajstić information content (AvgIpc) is 3.13. The number of ether oxygens (including phenoxy) is 1. The number of rotatable bonds is 6. The molecule has 2 fully saturated rings. The minimum absolute atomic E-state index is 0.0414. The fourth-order valence-corrected chi connectivity index (χ4v) is 5.23. The Morgan fingerprint density at radius 1 is 0.929 bits per heavy atom. The van der Waals surface area contributed by atoms with E-state index in [0.717, 1.165) is 51.3 Å². The van der Waals surface area contributed by atoms with Crippen molar-refractivity contribution in [3.05, 3.63) is 71.3 Å². The van der Waals surface area contributed by atoms with Gasteiger partial charge in [0, 0.05) is 24.6 Å². The Morgan fingerprint density at radius 2 is 1.64 bits per heavy atom. The van der Waals surface area contributed by atoms with Gasteiger partial charge < -0.3 is 10.1 Å². The first-order valence-electron chi connectivity index (χ1n) is 10.4. The highest BCUT2D eigenvalue weighted by Gasteiger charge is 2.47. The van der Waals surface area contributed by atoms with Gasteiger partial charge in [0.05, 0.1) is 5.60 Å². The molecule has 2 aromatic rings. The van der Waals surface area contributed by atoms with Crippen LogP contribution < -0.4 is 5.32 Å². The van der Waals surface area contributed by atoms with E-state index in [9.17, 15) is 8.78 Å². The lowest BCUT2D eigenvalue weighted by atomic mass is 9.66. The summed E-state index contributed by atoms with van der Waals surface area (Å²) in [4.78, 5) is 0. The smallest absolute Gasteiger partial charge is 0.126 e. The molecular formula is C24H29F2NO. The van der Waals surface area contributed by atoms with Gasteiger partial charge in [-0.15, -0.1) is 0 Å². The molecule has 0 bridgehead atoms. The first-order chi connectivity index (χ1) is 13.6. The molecule has 150 valence electrons. The van der Waals surface area contributed by atoms with E-state index < -0.39 is 11.6 Å². The van der Waals surface area contributed by atoms with E-state index in [2.05, 4.69) is 35.6 Å². The van der Waals surface area contributed by atoms with Gasteiger partial charge in [0.15, 0.2) is 0 Å². The van der Waals surface area contributed by atoms with Crippen LogP contribution in [0.2, 0.25) is 0 Å². The molecule has 4 heteroatoms. The maximum atomic E-state index is 13.4. The van der Waals surface area contributed by atoms with E-state index in [1.807, 2.05) is 0 Å². The van der Waals surface area contributed by atoms with E-state index in [0.29, 0.717) is 12.1 Å². The lowest BCUT2D eigenvalue weighted by Crippen LogP contribution is -2.47. The highest BCUT2D eigenvalue weighted by atomic mass is 19.1. The average molecular weight is 385 g/mol. The first kappa shape index (κ1) is 19.5. The minimum Gasteiger partial charge on any atom is -0.375 e. The maximum absolute atomic E-state index is 13.4. The Balaban J connectivity index is 1.45. The number of nitrogens with one attached hydrogen (secondary N) is 1. The Labute approximate surface area is 166 Å². The lowest BCUT2D eigenvalue weighted by Gasteiger charge is -2.47. The van der Waals surface area contributed by atoms with Gasteiger partial charge >= 0.3 is 0 Å². The van der Waals surface area contributed by atoms with Crippen LogP contribution in [0, 0.1) is 11.6 Å². The van der Waals surface area contributed by atoms with Crippen molar-refractivity contribution < 1.29 is 13.5 Å². The maximum Gasteiger partial charge on any atom is 0.126 e. The molecule has 4 rings (SSSR count). The first-order valence-corrected chi connectivity index (χ1v) is 10.4. The second-order valence-corrected chi connectivity index (χ2v) is 8.52. The fourth-order valence-electron chi connectivity index (χ4n) is 5.23. The van der Waals surface area contributed by atoms with Crippen LogP contribution in [-0.4, -0.2) is 18.8 Å². The molecular weight excluding hydrogens is 356 g/mol. The molecule has 28 heavy (non-hydrogen) atoms. The van der Waals surface area contributed by atoms with Crippen LogP contribution in [0.3, 0.4) is 0 Å². The van der Waals surface area contributed by atoms with Crippen LogP contribution in [0.15, 0.2) is 48.5 Å². The van der Waals surface area contributed by atoms with Crippen LogP contribution in [0.5, 0.6) is 0 Å². The number of halogens is 2. The second kappa shape index (κ2) is 8.30. The van der Waals surface area contributed by atoms with Gasteiger partial charge in [-0.3, -0.25) is 0 Å². The van der Waals surface area contributed by atoms with Crippen molar-refractivity contribution in [1.29, 1.82) is 0 Å².